The van der Waals surface area contributed by atoms with E-state index in [0.717, 1.165) is 43.7 Å². The zero-order chi connectivity index (χ0) is 23.4. The molecule has 32 heavy (non-hydrogen) atoms. The fraction of sp³-hybridized carbons (Fsp3) is 0.435. The minimum atomic E-state index is -4.24. The molecule has 2 N–H and O–H groups in total. The molecule has 0 radical (unpaired) electrons. The maximum Gasteiger partial charge on any atom is 0.342 e. The van der Waals surface area contributed by atoms with E-state index in [1.165, 1.54) is 12.1 Å². The Morgan fingerprint density at radius 2 is 1.66 bits per heavy atom. The molecular formula is C23H26F4N2O3. The zero-order valence-electron chi connectivity index (χ0n) is 17.7. The lowest BCUT2D eigenvalue weighted by molar-refractivity contribution is -0.211. The van der Waals surface area contributed by atoms with Crippen LogP contribution < -0.4 is 10.1 Å². The molecule has 0 amide bonds. The van der Waals surface area contributed by atoms with Crippen LogP contribution >= 0.6 is 0 Å². The van der Waals surface area contributed by atoms with Crippen LogP contribution in [-0.4, -0.2) is 53.6 Å². The number of nitrogens with zero attached hydrogens (tertiary/aromatic N) is 1. The molecule has 1 saturated heterocycles. The van der Waals surface area contributed by atoms with Crippen molar-refractivity contribution < 1.29 is 32.2 Å². The van der Waals surface area contributed by atoms with Crippen molar-refractivity contribution in [1.82, 2.24) is 4.90 Å². The van der Waals surface area contributed by atoms with E-state index in [1.54, 1.807) is 24.3 Å². The third kappa shape index (κ3) is 6.35. The van der Waals surface area contributed by atoms with Gasteiger partial charge in [-0.3, -0.25) is 4.90 Å². The van der Waals surface area contributed by atoms with Crippen LogP contribution in [0.4, 0.5) is 23.2 Å². The first kappa shape index (κ1) is 23.8. The fourth-order valence-corrected chi connectivity index (χ4v) is 3.43. The number of halogens is 4. The summed E-state index contributed by atoms with van der Waals surface area (Å²) in [5, 5.41) is 12.4. The second-order valence-electron chi connectivity index (χ2n) is 8.10. The van der Waals surface area contributed by atoms with Crippen molar-refractivity contribution in [2.24, 2.45) is 0 Å². The second-order valence-corrected chi connectivity index (χ2v) is 8.10. The van der Waals surface area contributed by atoms with Gasteiger partial charge in [0.2, 0.25) is 0 Å². The maximum absolute atomic E-state index is 13.3. The minimum absolute atomic E-state index is 0.100. The highest BCUT2D eigenvalue weighted by Crippen LogP contribution is 2.34. The molecule has 2 aromatic carbocycles. The van der Waals surface area contributed by atoms with Crippen LogP contribution in [0.25, 0.3) is 0 Å². The summed E-state index contributed by atoms with van der Waals surface area (Å²) in [7, 11) is 0. The topological polar surface area (TPSA) is 61.8 Å². The van der Waals surface area contributed by atoms with Crippen molar-refractivity contribution >= 4 is 11.7 Å². The number of carboxylic acid groups (broad SMARTS) is 1. The first-order valence-electron chi connectivity index (χ1n) is 10.3. The van der Waals surface area contributed by atoms with Gasteiger partial charge < -0.3 is 15.2 Å². The summed E-state index contributed by atoms with van der Waals surface area (Å²) in [5.74, 6) is -9.23. The Balaban J connectivity index is 1.43. The number of piperidine rings is 1. The van der Waals surface area contributed by atoms with E-state index in [2.05, 4.69) is 10.2 Å². The van der Waals surface area contributed by atoms with Gasteiger partial charge in [0.25, 0.3) is 0 Å². The quantitative estimate of drug-likeness (QED) is 0.515. The van der Waals surface area contributed by atoms with Crippen LogP contribution in [0.1, 0.15) is 35.7 Å². The summed E-state index contributed by atoms with van der Waals surface area (Å²) in [6.07, 6.45) is 1.81. The number of hydrogen-bond acceptors (Lipinski definition) is 4. The van der Waals surface area contributed by atoms with Crippen molar-refractivity contribution in [3.8, 4) is 5.75 Å². The zero-order valence-corrected chi connectivity index (χ0v) is 17.7. The molecule has 0 aromatic heterocycles. The molecule has 5 nitrogen and oxygen atoms in total. The third-order valence-corrected chi connectivity index (χ3v) is 5.48. The number of carbonyl (C=O) groups is 1. The lowest BCUT2D eigenvalue weighted by Gasteiger charge is -2.33. The van der Waals surface area contributed by atoms with Crippen LogP contribution in [0.15, 0.2) is 48.5 Å². The van der Waals surface area contributed by atoms with Crippen molar-refractivity contribution in [2.45, 2.75) is 44.2 Å². The first-order chi connectivity index (χ1) is 15.0. The van der Waals surface area contributed by atoms with Crippen LogP contribution in [0.5, 0.6) is 5.75 Å². The summed E-state index contributed by atoms with van der Waals surface area (Å²) in [6.45, 7) is 1.28. The number of carboxylic acids is 1. The van der Waals surface area contributed by atoms with Crippen LogP contribution in [0.2, 0.25) is 0 Å². The van der Waals surface area contributed by atoms with Gasteiger partial charge >= 0.3 is 17.8 Å². The van der Waals surface area contributed by atoms with Crippen LogP contribution in [0.3, 0.4) is 0 Å². The normalized spacial score (nSPS) is 16.0. The average Bonchev–Trinajstić information content (AvgIpc) is 2.74. The van der Waals surface area contributed by atoms with Crippen molar-refractivity contribution in [3.63, 3.8) is 0 Å². The predicted octanol–water partition coefficient (Wildman–Crippen LogP) is 5.13. The van der Waals surface area contributed by atoms with Crippen LogP contribution in [0, 0.1) is 0 Å². The number of ether oxygens (including phenoxy) is 1. The number of alkyl halides is 4. The maximum atomic E-state index is 13.3. The summed E-state index contributed by atoms with van der Waals surface area (Å²) in [4.78, 5) is 13.2. The summed E-state index contributed by atoms with van der Waals surface area (Å²) in [6, 6.07) is 13.4. The summed E-state index contributed by atoms with van der Waals surface area (Å²) < 4.78 is 57.2. The molecule has 1 aliphatic heterocycles. The lowest BCUT2D eigenvalue weighted by atomic mass is 10.0. The molecule has 9 heteroatoms. The van der Waals surface area contributed by atoms with Crippen LogP contribution in [-0.2, 0) is 6.54 Å². The predicted molar refractivity (Wildman–Crippen MR) is 113 cm³/mol. The molecule has 2 aromatic rings. The molecule has 0 aliphatic carbocycles. The van der Waals surface area contributed by atoms with Gasteiger partial charge in [-0.25, -0.2) is 13.6 Å². The summed E-state index contributed by atoms with van der Waals surface area (Å²) >= 11 is 0. The minimum Gasteiger partial charge on any atom is -0.487 e. The Kier molecular flexibility index (Phi) is 7.28. The van der Waals surface area contributed by atoms with E-state index in [1.807, 2.05) is 12.1 Å². The van der Waals surface area contributed by atoms with Gasteiger partial charge in [-0.05, 0) is 54.8 Å². The van der Waals surface area contributed by atoms with E-state index < -0.39 is 24.4 Å². The van der Waals surface area contributed by atoms with E-state index in [4.69, 9.17) is 9.84 Å². The number of likely N-dealkylation sites (tertiary alicyclic amines) is 1. The van der Waals surface area contributed by atoms with Crippen molar-refractivity contribution in [2.75, 3.05) is 25.0 Å². The Hall–Kier alpha value is -2.81. The molecule has 0 spiro atoms. The van der Waals surface area contributed by atoms with Gasteiger partial charge in [-0.1, -0.05) is 12.1 Å². The van der Waals surface area contributed by atoms with Gasteiger partial charge in [0.05, 0.1) is 5.56 Å². The van der Waals surface area contributed by atoms with Gasteiger partial charge in [0.1, 0.15) is 5.75 Å². The highest BCUT2D eigenvalue weighted by molar-refractivity contribution is 5.87. The molecule has 0 unspecified atom stereocenters. The molecule has 174 valence electrons. The second kappa shape index (κ2) is 9.77. The smallest absolute Gasteiger partial charge is 0.342 e. The van der Waals surface area contributed by atoms with E-state index >= 15 is 0 Å². The molecule has 0 saturated carbocycles. The Morgan fingerprint density at radius 1 is 1.06 bits per heavy atom. The number of hydrogen-bond donors (Lipinski definition) is 2. The number of rotatable bonds is 9. The van der Waals surface area contributed by atoms with E-state index in [0.29, 0.717) is 0 Å². The van der Waals surface area contributed by atoms with E-state index in [-0.39, 0.29) is 24.3 Å². The Bertz CT molecular complexity index is 891. The molecule has 1 heterocycles. The molecule has 1 fully saturated rings. The molecule has 3 rings (SSSR count). The Morgan fingerprint density at radius 3 is 2.19 bits per heavy atom. The van der Waals surface area contributed by atoms with Gasteiger partial charge in [-0.15, -0.1) is 0 Å². The molecule has 1 aliphatic rings. The molecular weight excluding hydrogens is 428 g/mol. The SMILES string of the molecule is CC(F)(F)C(F)(F)COc1ccc(NC2CCN(Cc3ccc(C(=O)O)cc3)CC2)cc1. The average molecular weight is 454 g/mol. The highest BCUT2D eigenvalue weighted by Gasteiger charge is 2.52. The monoisotopic (exact) mass is 454 g/mol. The van der Waals surface area contributed by atoms with Crippen molar-refractivity contribution in [1.29, 1.82) is 0 Å². The fourth-order valence-electron chi connectivity index (χ4n) is 3.43. The molecule has 0 atom stereocenters. The lowest BCUT2D eigenvalue weighted by Crippen LogP contribution is -2.42. The van der Waals surface area contributed by atoms with Gasteiger partial charge in [-0.2, -0.15) is 8.78 Å². The largest absolute Gasteiger partial charge is 0.487 e. The number of nitrogens with one attached hydrogen (secondary N) is 1. The Labute approximate surface area is 184 Å². The third-order valence-electron chi connectivity index (χ3n) is 5.48. The first-order valence-corrected chi connectivity index (χ1v) is 10.3. The number of benzene rings is 2. The standard InChI is InChI=1S/C23H26F4N2O3/c1-22(24,25)23(26,27)15-32-20-8-6-18(7-9-20)28-19-10-12-29(13-11-19)14-16-2-4-17(5-3-16)21(30)31/h2-9,19,28H,10-15H2,1H3,(H,30,31). The number of aromatic carboxylic acids is 1. The van der Waals surface area contributed by atoms with E-state index in [9.17, 15) is 22.4 Å². The van der Waals surface area contributed by atoms with Gasteiger partial charge in [0.15, 0.2) is 6.61 Å². The van der Waals surface area contributed by atoms with Crippen molar-refractivity contribution in [3.05, 3.63) is 59.7 Å². The summed E-state index contributed by atoms with van der Waals surface area (Å²) in [5.41, 5.74) is 2.13. The highest BCUT2D eigenvalue weighted by atomic mass is 19.3. The number of anilines is 1. The molecule has 0 bridgehead atoms. The van der Waals surface area contributed by atoms with Gasteiger partial charge in [0, 0.05) is 38.3 Å².